The lowest BCUT2D eigenvalue weighted by Gasteiger charge is -2.08. The molecule has 94 valence electrons. The van der Waals surface area contributed by atoms with Crippen molar-refractivity contribution in [3.8, 4) is 0 Å². The van der Waals surface area contributed by atoms with Gasteiger partial charge in [-0.2, -0.15) is 0 Å². The number of fused-ring (bicyclic) bond motifs is 3. The number of pyridine rings is 1. The van der Waals surface area contributed by atoms with E-state index in [0.717, 1.165) is 21.7 Å². The molecule has 2 heterocycles. The number of hydrogen-bond donors (Lipinski definition) is 0. The minimum absolute atomic E-state index is 0.202. The number of benzene rings is 3. The average Bonchev–Trinajstić information content (AvgIpc) is 2.85. The number of thiophene rings is 1. The van der Waals surface area contributed by atoms with Crippen LogP contribution >= 0.6 is 11.3 Å². The van der Waals surface area contributed by atoms with Crippen LogP contribution in [0, 0.1) is 5.82 Å². The highest BCUT2D eigenvalue weighted by atomic mass is 32.1. The summed E-state index contributed by atoms with van der Waals surface area (Å²) in [6, 6.07) is 13.3. The third kappa shape index (κ3) is 1.14. The van der Waals surface area contributed by atoms with E-state index < -0.39 is 0 Å². The second-order valence-electron chi connectivity index (χ2n) is 5.00. The molecule has 0 radical (unpaired) electrons. The summed E-state index contributed by atoms with van der Waals surface area (Å²) in [5.74, 6) is -0.202. The Hall–Kier alpha value is -2.26. The molecule has 0 aliphatic rings. The summed E-state index contributed by atoms with van der Waals surface area (Å²) in [6.07, 6.45) is 1.84. The van der Waals surface area contributed by atoms with Crippen LogP contribution in [0.2, 0.25) is 0 Å². The van der Waals surface area contributed by atoms with Crippen LogP contribution in [0.25, 0.3) is 41.8 Å². The van der Waals surface area contributed by atoms with Crippen molar-refractivity contribution < 1.29 is 4.39 Å². The monoisotopic (exact) mass is 277 g/mol. The van der Waals surface area contributed by atoms with Crippen molar-refractivity contribution in [2.75, 3.05) is 0 Å². The fraction of sp³-hybridized carbons (Fsp3) is 0. The molecule has 0 aliphatic carbocycles. The predicted octanol–water partition coefficient (Wildman–Crippen LogP) is 5.33. The van der Waals surface area contributed by atoms with Gasteiger partial charge in [0.05, 0.1) is 5.52 Å². The van der Waals surface area contributed by atoms with Gasteiger partial charge >= 0.3 is 0 Å². The maximum atomic E-state index is 13.7. The van der Waals surface area contributed by atoms with E-state index in [1.807, 2.05) is 18.3 Å². The first kappa shape index (κ1) is 10.5. The largest absolute Gasteiger partial charge is 0.255 e. The van der Waals surface area contributed by atoms with Crippen LogP contribution in [0.1, 0.15) is 0 Å². The highest BCUT2D eigenvalue weighted by Gasteiger charge is 2.16. The highest BCUT2D eigenvalue weighted by Crippen LogP contribution is 2.43. The molecule has 0 fully saturated rings. The van der Waals surface area contributed by atoms with Crippen LogP contribution in [-0.4, -0.2) is 4.98 Å². The molecule has 1 nitrogen and oxygen atoms in total. The summed E-state index contributed by atoms with van der Waals surface area (Å²) in [5, 5.41) is 5.51. The molecule has 5 rings (SSSR count). The molecule has 2 aromatic heterocycles. The van der Waals surface area contributed by atoms with Crippen molar-refractivity contribution in [1.82, 2.24) is 4.98 Å². The van der Waals surface area contributed by atoms with Gasteiger partial charge in [-0.15, -0.1) is 11.3 Å². The van der Waals surface area contributed by atoms with Gasteiger partial charge in [0, 0.05) is 31.8 Å². The van der Waals surface area contributed by atoms with Crippen molar-refractivity contribution in [2.24, 2.45) is 0 Å². The zero-order valence-corrected chi connectivity index (χ0v) is 11.2. The van der Waals surface area contributed by atoms with E-state index in [1.54, 1.807) is 17.4 Å². The van der Waals surface area contributed by atoms with E-state index in [0.29, 0.717) is 0 Å². The highest BCUT2D eigenvalue weighted by molar-refractivity contribution is 7.26. The number of aromatic nitrogens is 1. The fourth-order valence-electron chi connectivity index (χ4n) is 3.14. The predicted molar refractivity (Wildman–Crippen MR) is 83.3 cm³/mol. The van der Waals surface area contributed by atoms with Gasteiger partial charge in [0.1, 0.15) is 5.82 Å². The van der Waals surface area contributed by atoms with Crippen LogP contribution in [-0.2, 0) is 0 Å². The lowest BCUT2D eigenvalue weighted by atomic mass is 9.97. The van der Waals surface area contributed by atoms with Gasteiger partial charge in [-0.1, -0.05) is 12.1 Å². The molecule has 0 atom stereocenters. The smallest absolute Gasteiger partial charge is 0.123 e. The Morgan fingerprint density at radius 3 is 2.70 bits per heavy atom. The summed E-state index contributed by atoms with van der Waals surface area (Å²) < 4.78 is 16.1. The zero-order chi connectivity index (χ0) is 13.3. The van der Waals surface area contributed by atoms with Gasteiger partial charge in [-0.05, 0) is 41.1 Å². The number of nitrogens with zero attached hydrogens (tertiary/aromatic N) is 1. The van der Waals surface area contributed by atoms with Crippen molar-refractivity contribution in [2.45, 2.75) is 0 Å². The average molecular weight is 277 g/mol. The Kier molecular flexibility index (Phi) is 1.81. The van der Waals surface area contributed by atoms with Crippen molar-refractivity contribution in [1.29, 1.82) is 0 Å². The molecule has 0 saturated carbocycles. The Morgan fingerprint density at radius 1 is 0.850 bits per heavy atom. The third-order valence-corrected chi connectivity index (χ3v) is 5.06. The summed E-state index contributed by atoms with van der Waals surface area (Å²) in [4.78, 5) is 4.55. The normalized spacial score (nSPS) is 12.2. The fourth-order valence-corrected chi connectivity index (χ4v) is 4.27. The molecule has 3 heteroatoms. The maximum absolute atomic E-state index is 13.7. The molecule has 3 aromatic carbocycles. The van der Waals surface area contributed by atoms with E-state index >= 15 is 0 Å². The molecule has 0 N–H and O–H groups in total. The SMILES string of the molecule is Fc1ccc2c(c1)c1cccc3sc4ccnc2c4c31. The van der Waals surface area contributed by atoms with Gasteiger partial charge in [-0.3, -0.25) is 4.98 Å². The van der Waals surface area contributed by atoms with E-state index in [4.69, 9.17) is 0 Å². The Labute approximate surface area is 117 Å². The summed E-state index contributed by atoms with van der Waals surface area (Å²) in [6.45, 7) is 0. The topological polar surface area (TPSA) is 12.9 Å². The molecule has 20 heavy (non-hydrogen) atoms. The van der Waals surface area contributed by atoms with Crippen molar-refractivity contribution in [3.63, 3.8) is 0 Å². The van der Waals surface area contributed by atoms with Crippen LogP contribution in [0.4, 0.5) is 4.39 Å². The van der Waals surface area contributed by atoms with Gasteiger partial charge in [0.25, 0.3) is 0 Å². The summed E-state index contributed by atoms with van der Waals surface area (Å²) in [7, 11) is 0. The van der Waals surface area contributed by atoms with Crippen LogP contribution in [0.3, 0.4) is 0 Å². The summed E-state index contributed by atoms with van der Waals surface area (Å²) in [5.41, 5.74) is 0.974. The first-order valence-corrected chi connectivity index (χ1v) is 7.25. The number of halogens is 1. The summed E-state index contributed by atoms with van der Waals surface area (Å²) >= 11 is 1.77. The van der Waals surface area contributed by atoms with Crippen LogP contribution in [0.5, 0.6) is 0 Å². The van der Waals surface area contributed by atoms with E-state index in [2.05, 4.69) is 23.2 Å². The van der Waals surface area contributed by atoms with E-state index in [1.165, 1.54) is 26.2 Å². The Bertz CT molecular complexity index is 1110. The van der Waals surface area contributed by atoms with E-state index in [-0.39, 0.29) is 5.82 Å². The Morgan fingerprint density at radius 2 is 1.75 bits per heavy atom. The molecular weight excluding hydrogens is 269 g/mol. The third-order valence-electron chi connectivity index (χ3n) is 3.94. The van der Waals surface area contributed by atoms with E-state index in [9.17, 15) is 4.39 Å². The lowest BCUT2D eigenvalue weighted by molar-refractivity contribution is 0.630. The lowest BCUT2D eigenvalue weighted by Crippen LogP contribution is -1.85. The minimum Gasteiger partial charge on any atom is -0.255 e. The maximum Gasteiger partial charge on any atom is 0.123 e. The van der Waals surface area contributed by atoms with Crippen LogP contribution in [0.15, 0.2) is 48.7 Å². The first-order chi connectivity index (χ1) is 9.83. The van der Waals surface area contributed by atoms with Gasteiger partial charge in [-0.25, -0.2) is 4.39 Å². The van der Waals surface area contributed by atoms with Gasteiger partial charge in [0.2, 0.25) is 0 Å². The molecule has 0 saturated heterocycles. The molecule has 0 amide bonds. The van der Waals surface area contributed by atoms with Crippen molar-refractivity contribution in [3.05, 3.63) is 54.5 Å². The molecular formula is C17H8FNS. The number of hydrogen-bond acceptors (Lipinski definition) is 2. The minimum atomic E-state index is -0.202. The molecule has 0 bridgehead atoms. The van der Waals surface area contributed by atoms with Crippen LogP contribution < -0.4 is 0 Å². The van der Waals surface area contributed by atoms with Crippen molar-refractivity contribution >= 4 is 53.2 Å². The molecule has 5 aromatic rings. The second-order valence-corrected chi connectivity index (χ2v) is 6.09. The first-order valence-electron chi connectivity index (χ1n) is 6.43. The zero-order valence-electron chi connectivity index (χ0n) is 10.4. The molecule has 0 aliphatic heterocycles. The number of rotatable bonds is 0. The quantitative estimate of drug-likeness (QED) is 0.348. The van der Waals surface area contributed by atoms with Gasteiger partial charge < -0.3 is 0 Å². The second kappa shape index (κ2) is 3.44. The molecule has 0 unspecified atom stereocenters. The van der Waals surface area contributed by atoms with Gasteiger partial charge in [0.15, 0.2) is 0 Å². The Balaban J connectivity index is 2.30. The molecule has 0 spiro atoms. The standard InChI is InChI=1S/C17H8FNS/c18-9-4-5-11-12(8-9)10-2-1-3-13-15(10)16-14(20-13)6-7-19-17(11)16/h1-8H.